The number of alkyl halides is 3. The average Bonchev–Trinajstić information content (AvgIpc) is 2.45. The lowest BCUT2D eigenvalue weighted by Gasteiger charge is -2.15. The van der Waals surface area contributed by atoms with Gasteiger partial charge in [0.2, 0.25) is 0 Å². The van der Waals surface area contributed by atoms with Gasteiger partial charge in [-0.1, -0.05) is 42.4 Å². The van der Waals surface area contributed by atoms with Crippen LogP contribution in [-0.2, 0) is 6.18 Å². The molecule has 0 atom stereocenters. The third-order valence-electron chi connectivity index (χ3n) is 3.09. The topological polar surface area (TPSA) is 9.23 Å². The molecule has 0 N–H and O–H groups in total. The molecular weight excluding hydrogens is 276 g/mol. The van der Waals surface area contributed by atoms with Gasteiger partial charge in [-0.05, 0) is 28.8 Å². The van der Waals surface area contributed by atoms with E-state index in [1.165, 1.54) is 13.2 Å². The van der Waals surface area contributed by atoms with Gasteiger partial charge in [0.15, 0.2) is 0 Å². The Balaban J connectivity index is 2.48. The van der Waals surface area contributed by atoms with Crippen molar-refractivity contribution in [2.24, 2.45) is 0 Å². The van der Waals surface area contributed by atoms with E-state index in [4.69, 9.17) is 12.6 Å². The normalized spacial score (nSPS) is 11.2. The van der Waals surface area contributed by atoms with Crippen molar-refractivity contribution in [3.63, 3.8) is 0 Å². The Hall–Kier alpha value is -2.17. The minimum atomic E-state index is -4.49. The van der Waals surface area contributed by atoms with Crippen molar-refractivity contribution < 1.29 is 17.9 Å². The molecule has 106 valence electrons. The second-order valence-electron chi connectivity index (χ2n) is 4.52. The summed E-state index contributed by atoms with van der Waals surface area (Å²) in [5.41, 5.74) is 1.21. The number of hydrogen-bond donors (Lipinski definition) is 0. The number of rotatable bonds is 3. The van der Waals surface area contributed by atoms with Gasteiger partial charge in [-0.3, -0.25) is 0 Å². The first-order valence-electron chi connectivity index (χ1n) is 6.13. The van der Waals surface area contributed by atoms with Crippen LogP contribution in [0.2, 0.25) is 0 Å². The van der Waals surface area contributed by atoms with Gasteiger partial charge < -0.3 is 4.74 Å². The number of methoxy groups -OCH3 is 1. The Labute approximate surface area is 122 Å². The molecule has 0 spiro atoms. The van der Waals surface area contributed by atoms with E-state index in [0.29, 0.717) is 22.2 Å². The van der Waals surface area contributed by atoms with Crippen molar-refractivity contribution in [2.45, 2.75) is 6.18 Å². The van der Waals surface area contributed by atoms with Crippen LogP contribution in [0.25, 0.3) is 5.57 Å². The predicted octanol–water partition coefficient (Wildman–Crippen LogP) is 3.57. The van der Waals surface area contributed by atoms with Crippen LogP contribution in [0, 0.1) is 0 Å². The number of hydrogen-bond acceptors (Lipinski definition) is 1. The molecule has 2 rings (SSSR count). The monoisotopic (exact) mass is 288 g/mol. The molecule has 0 heterocycles. The van der Waals surface area contributed by atoms with Crippen LogP contribution in [0.15, 0.2) is 49.0 Å². The average molecular weight is 288 g/mol. The summed E-state index contributed by atoms with van der Waals surface area (Å²) in [6.07, 6.45) is -4.49. The van der Waals surface area contributed by atoms with Gasteiger partial charge in [-0.25, -0.2) is 0 Å². The predicted molar refractivity (Wildman–Crippen MR) is 78.0 cm³/mol. The van der Waals surface area contributed by atoms with E-state index in [0.717, 1.165) is 6.07 Å². The van der Waals surface area contributed by atoms with Gasteiger partial charge in [0.05, 0.1) is 12.7 Å². The zero-order valence-corrected chi connectivity index (χ0v) is 11.4. The van der Waals surface area contributed by atoms with Crippen molar-refractivity contribution in [3.05, 3.63) is 65.7 Å². The van der Waals surface area contributed by atoms with Crippen molar-refractivity contribution in [1.29, 1.82) is 0 Å². The fourth-order valence-electron chi connectivity index (χ4n) is 2.01. The SMILES string of the molecule is [B]c1cccc(C(=C)c2ccc(OC)c(C(F)(F)F)c2)c1. The molecule has 2 radical (unpaired) electrons. The molecule has 0 aliphatic rings. The molecule has 5 heteroatoms. The molecule has 0 aromatic heterocycles. The fourth-order valence-corrected chi connectivity index (χ4v) is 2.01. The van der Waals surface area contributed by atoms with Crippen LogP contribution in [-0.4, -0.2) is 15.0 Å². The molecule has 2 aromatic carbocycles. The van der Waals surface area contributed by atoms with Crippen molar-refractivity contribution >= 4 is 18.9 Å². The standard InChI is InChI=1S/C16H12BF3O/c1-10(11-4-3-5-13(17)8-11)12-6-7-15(21-2)14(9-12)16(18,19)20/h3-9H,1H2,2H3. The van der Waals surface area contributed by atoms with Crippen molar-refractivity contribution in [1.82, 2.24) is 0 Å². The fraction of sp³-hybridized carbons (Fsp3) is 0.125. The molecule has 0 aliphatic heterocycles. The molecule has 0 bridgehead atoms. The third kappa shape index (κ3) is 3.30. The van der Waals surface area contributed by atoms with Gasteiger partial charge in [0, 0.05) is 0 Å². The smallest absolute Gasteiger partial charge is 0.419 e. The maximum Gasteiger partial charge on any atom is 0.419 e. The Morgan fingerprint density at radius 2 is 1.76 bits per heavy atom. The minimum absolute atomic E-state index is 0.216. The lowest BCUT2D eigenvalue weighted by Crippen LogP contribution is -2.08. The van der Waals surface area contributed by atoms with Gasteiger partial charge in [0.25, 0.3) is 0 Å². The van der Waals surface area contributed by atoms with Gasteiger partial charge in [0.1, 0.15) is 13.6 Å². The van der Waals surface area contributed by atoms with Crippen molar-refractivity contribution in [2.75, 3.05) is 7.11 Å². The molecule has 0 saturated heterocycles. The molecule has 0 saturated carbocycles. The molecule has 21 heavy (non-hydrogen) atoms. The zero-order chi connectivity index (χ0) is 15.6. The van der Waals surface area contributed by atoms with Crippen LogP contribution in [0.3, 0.4) is 0 Å². The van der Waals surface area contributed by atoms with E-state index < -0.39 is 11.7 Å². The molecule has 0 unspecified atom stereocenters. The van der Waals surface area contributed by atoms with E-state index in [2.05, 4.69) is 6.58 Å². The maximum atomic E-state index is 13.0. The van der Waals surface area contributed by atoms with Crippen LogP contribution < -0.4 is 10.2 Å². The van der Waals surface area contributed by atoms with Crippen LogP contribution >= 0.6 is 0 Å². The van der Waals surface area contributed by atoms with Crippen LogP contribution in [0.1, 0.15) is 16.7 Å². The molecule has 0 fully saturated rings. The van der Waals surface area contributed by atoms with Crippen LogP contribution in [0.5, 0.6) is 5.75 Å². The van der Waals surface area contributed by atoms with E-state index in [-0.39, 0.29) is 5.75 Å². The quantitative estimate of drug-likeness (QED) is 0.785. The minimum Gasteiger partial charge on any atom is -0.496 e. The second kappa shape index (κ2) is 5.68. The highest BCUT2D eigenvalue weighted by Crippen LogP contribution is 2.38. The molecule has 1 nitrogen and oxygen atoms in total. The summed E-state index contributed by atoms with van der Waals surface area (Å²) in [5, 5.41) is 0. The summed E-state index contributed by atoms with van der Waals surface area (Å²) in [4.78, 5) is 0. The zero-order valence-electron chi connectivity index (χ0n) is 11.4. The first kappa shape index (κ1) is 15.2. The largest absolute Gasteiger partial charge is 0.496 e. The highest BCUT2D eigenvalue weighted by Gasteiger charge is 2.34. The Morgan fingerprint density at radius 3 is 2.33 bits per heavy atom. The highest BCUT2D eigenvalue weighted by molar-refractivity contribution is 6.32. The Morgan fingerprint density at radius 1 is 1.10 bits per heavy atom. The van der Waals surface area contributed by atoms with E-state index in [1.54, 1.807) is 30.3 Å². The van der Waals surface area contributed by atoms with Gasteiger partial charge in [-0.2, -0.15) is 13.2 Å². The summed E-state index contributed by atoms with van der Waals surface area (Å²) in [6, 6.07) is 10.7. The lowest BCUT2D eigenvalue weighted by molar-refractivity contribution is -0.138. The summed E-state index contributed by atoms with van der Waals surface area (Å²) in [6.45, 7) is 3.85. The maximum absolute atomic E-state index is 13.0. The highest BCUT2D eigenvalue weighted by atomic mass is 19.4. The van der Waals surface area contributed by atoms with E-state index in [9.17, 15) is 13.2 Å². The molecular formula is C16H12BF3O. The Kier molecular flexibility index (Phi) is 4.12. The summed E-state index contributed by atoms with van der Waals surface area (Å²) in [7, 11) is 6.88. The number of halogens is 3. The van der Waals surface area contributed by atoms with E-state index in [1.807, 2.05) is 0 Å². The second-order valence-corrected chi connectivity index (χ2v) is 4.52. The first-order valence-corrected chi connectivity index (χ1v) is 6.13. The summed E-state index contributed by atoms with van der Waals surface area (Å²) < 4.78 is 43.8. The van der Waals surface area contributed by atoms with Crippen LogP contribution in [0.4, 0.5) is 13.2 Å². The van der Waals surface area contributed by atoms with Crippen molar-refractivity contribution in [3.8, 4) is 5.75 Å². The Bertz CT molecular complexity index is 677. The number of ether oxygens (including phenoxy) is 1. The summed E-state index contributed by atoms with van der Waals surface area (Å²) in [5.74, 6) is -0.216. The third-order valence-corrected chi connectivity index (χ3v) is 3.09. The number of benzene rings is 2. The first-order chi connectivity index (χ1) is 9.82. The van der Waals surface area contributed by atoms with Gasteiger partial charge >= 0.3 is 6.18 Å². The molecule has 0 aliphatic carbocycles. The van der Waals surface area contributed by atoms with Gasteiger partial charge in [-0.15, -0.1) is 0 Å². The molecule has 0 amide bonds. The summed E-state index contributed by atoms with van der Waals surface area (Å²) >= 11 is 0. The lowest BCUT2D eigenvalue weighted by atomic mass is 9.90. The molecule has 2 aromatic rings. The van der Waals surface area contributed by atoms with E-state index >= 15 is 0 Å².